The number of aliphatic imine (C=N–C) groups is 1. The van der Waals surface area contributed by atoms with E-state index in [0.717, 1.165) is 19.0 Å². The second-order valence-electron chi connectivity index (χ2n) is 4.03. The van der Waals surface area contributed by atoms with Crippen LogP contribution in [-0.4, -0.2) is 48.6 Å². The first-order valence-electron chi connectivity index (χ1n) is 6.27. The van der Waals surface area contributed by atoms with Crippen LogP contribution in [0.5, 0.6) is 0 Å². The van der Waals surface area contributed by atoms with Crippen LogP contribution in [0.4, 0.5) is 0 Å². The van der Waals surface area contributed by atoms with Crippen molar-refractivity contribution < 1.29 is 4.74 Å². The van der Waals surface area contributed by atoms with Crippen LogP contribution in [0.25, 0.3) is 0 Å². The molecule has 2 N–H and O–H groups in total. The number of rotatable bonds is 7. The van der Waals surface area contributed by atoms with Crippen LogP contribution in [-0.2, 0) is 11.3 Å². The van der Waals surface area contributed by atoms with E-state index >= 15 is 0 Å². The van der Waals surface area contributed by atoms with Gasteiger partial charge in [-0.15, -0.1) is 0 Å². The largest absolute Gasteiger partial charge is 0.383 e. The van der Waals surface area contributed by atoms with Crippen molar-refractivity contribution in [3.8, 4) is 0 Å². The molecule has 0 aliphatic heterocycles. The molecule has 0 fully saturated rings. The zero-order valence-electron chi connectivity index (χ0n) is 11.4. The topological polar surface area (TPSA) is 63.5 Å². The van der Waals surface area contributed by atoms with Crippen LogP contribution >= 0.6 is 0 Å². The number of hydrogen-bond acceptors (Lipinski definition) is 3. The summed E-state index contributed by atoms with van der Waals surface area (Å²) in [7, 11) is 1.69. The lowest BCUT2D eigenvalue weighted by Gasteiger charge is -2.16. The molecule has 0 aromatic carbocycles. The van der Waals surface area contributed by atoms with E-state index < -0.39 is 0 Å². The van der Waals surface area contributed by atoms with E-state index in [1.54, 1.807) is 13.3 Å². The molecule has 102 valence electrons. The number of hydrogen-bond donors (Lipinski definition) is 2. The summed E-state index contributed by atoms with van der Waals surface area (Å²) in [6.45, 7) is 7.07. The van der Waals surface area contributed by atoms with E-state index in [2.05, 4.69) is 27.6 Å². The molecular formula is C12H23N5O. The van der Waals surface area contributed by atoms with Gasteiger partial charge >= 0.3 is 0 Å². The molecule has 0 saturated heterocycles. The third-order valence-electron chi connectivity index (χ3n) is 2.30. The standard InChI is InChI=1S/C12H23N5O/c1-4-13-12(16-11(2)10-18-3)14-7-9-17-8-5-6-15-17/h5-6,8,11H,4,7,9-10H2,1-3H3,(H2,13,14,16). The molecule has 1 unspecified atom stereocenters. The Labute approximate surface area is 108 Å². The third-order valence-corrected chi connectivity index (χ3v) is 2.30. The van der Waals surface area contributed by atoms with Crippen molar-refractivity contribution in [3.63, 3.8) is 0 Å². The van der Waals surface area contributed by atoms with Gasteiger partial charge in [-0.1, -0.05) is 0 Å². The number of methoxy groups -OCH3 is 1. The molecule has 6 heteroatoms. The molecule has 0 radical (unpaired) electrons. The average Bonchev–Trinajstić information content (AvgIpc) is 2.82. The maximum Gasteiger partial charge on any atom is 0.191 e. The Balaban J connectivity index is 2.39. The highest BCUT2D eigenvalue weighted by atomic mass is 16.5. The summed E-state index contributed by atoms with van der Waals surface area (Å²) in [5.41, 5.74) is 0. The average molecular weight is 253 g/mol. The maximum absolute atomic E-state index is 5.09. The van der Waals surface area contributed by atoms with Crippen LogP contribution in [0.15, 0.2) is 23.5 Å². The van der Waals surface area contributed by atoms with Crippen LogP contribution in [0.3, 0.4) is 0 Å². The molecule has 0 spiro atoms. The molecular weight excluding hydrogens is 230 g/mol. The Kier molecular flexibility index (Phi) is 6.86. The van der Waals surface area contributed by atoms with Gasteiger partial charge in [0.05, 0.1) is 19.7 Å². The fraction of sp³-hybridized carbons (Fsp3) is 0.667. The summed E-state index contributed by atoms with van der Waals surface area (Å²) in [4.78, 5) is 4.49. The number of nitrogens with zero attached hydrogens (tertiary/aromatic N) is 3. The first-order chi connectivity index (χ1) is 8.76. The molecule has 18 heavy (non-hydrogen) atoms. The van der Waals surface area contributed by atoms with Gasteiger partial charge in [0.25, 0.3) is 0 Å². The Bertz CT molecular complexity index is 336. The van der Waals surface area contributed by atoms with E-state index in [-0.39, 0.29) is 6.04 Å². The lowest BCUT2D eigenvalue weighted by Crippen LogP contribution is -2.44. The van der Waals surface area contributed by atoms with Crippen molar-refractivity contribution in [2.24, 2.45) is 4.99 Å². The number of guanidine groups is 1. The lowest BCUT2D eigenvalue weighted by atomic mass is 10.4. The molecule has 1 rings (SSSR count). The molecule has 0 aliphatic carbocycles. The van der Waals surface area contributed by atoms with Crippen molar-refractivity contribution in [3.05, 3.63) is 18.5 Å². The molecule has 1 atom stereocenters. The van der Waals surface area contributed by atoms with Crippen LogP contribution in [0, 0.1) is 0 Å². The fourth-order valence-electron chi connectivity index (χ4n) is 1.54. The highest BCUT2D eigenvalue weighted by molar-refractivity contribution is 5.80. The van der Waals surface area contributed by atoms with Crippen LogP contribution < -0.4 is 10.6 Å². The van der Waals surface area contributed by atoms with Gasteiger partial charge in [0, 0.05) is 32.1 Å². The molecule has 1 aromatic heterocycles. The normalized spacial score (nSPS) is 13.4. The predicted octanol–water partition coefficient (Wildman–Crippen LogP) is 0.473. The summed E-state index contributed by atoms with van der Waals surface area (Å²) in [5.74, 6) is 0.814. The summed E-state index contributed by atoms with van der Waals surface area (Å²) in [6.07, 6.45) is 3.71. The number of ether oxygens (including phenoxy) is 1. The van der Waals surface area contributed by atoms with Crippen molar-refractivity contribution in [1.29, 1.82) is 0 Å². The minimum atomic E-state index is 0.234. The van der Waals surface area contributed by atoms with Gasteiger partial charge < -0.3 is 15.4 Å². The van der Waals surface area contributed by atoms with Crippen molar-refractivity contribution >= 4 is 5.96 Å². The Hall–Kier alpha value is -1.56. The van der Waals surface area contributed by atoms with Gasteiger partial charge in [0.15, 0.2) is 5.96 Å². The first kappa shape index (κ1) is 14.5. The molecule has 0 amide bonds. The van der Waals surface area contributed by atoms with Gasteiger partial charge in [-0.3, -0.25) is 9.67 Å². The summed E-state index contributed by atoms with van der Waals surface area (Å²) in [5, 5.41) is 10.6. The van der Waals surface area contributed by atoms with E-state index in [1.165, 1.54) is 0 Å². The van der Waals surface area contributed by atoms with Gasteiger partial charge in [0.1, 0.15) is 0 Å². The van der Waals surface area contributed by atoms with Gasteiger partial charge in [0.2, 0.25) is 0 Å². The lowest BCUT2D eigenvalue weighted by molar-refractivity contribution is 0.179. The molecule has 0 aliphatic rings. The molecule has 0 bridgehead atoms. The summed E-state index contributed by atoms with van der Waals surface area (Å²) in [6, 6.07) is 2.14. The second-order valence-corrected chi connectivity index (χ2v) is 4.03. The molecule has 1 aromatic rings. The first-order valence-corrected chi connectivity index (χ1v) is 6.27. The zero-order valence-corrected chi connectivity index (χ0v) is 11.4. The Morgan fingerprint density at radius 2 is 2.39 bits per heavy atom. The van der Waals surface area contributed by atoms with Crippen molar-refractivity contribution in [2.45, 2.75) is 26.4 Å². The summed E-state index contributed by atoms with van der Waals surface area (Å²) < 4.78 is 6.95. The maximum atomic E-state index is 5.09. The van der Waals surface area contributed by atoms with Crippen LogP contribution in [0.1, 0.15) is 13.8 Å². The summed E-state index contributed by atoms with van der Waals surface area (Å²) >= 11 is 0. The second kappa shape index (κ2) is 8.52. The Morgan fingerprint density at radius 1 is 1.56 bits per heavy atom. The molecule has 1 heterocycles. The number of aromatic nitrogens is 2. The fourth-order valence-corrected chi connectivity index (χ4v) is 1.54. The predicted molar refractivity (Wildman–Crippen MR) is 72.7 cm³/mol. The highest BCUT2D eigenvalue weighted by Crippen LogP contribution is 1.87. The van der Waals surface area contributed by atoms with Gasteiger partial charge in [-0.25, -0.2) is 0 Å². The Morgan fingerprint density at radius 3 is 3.00 bits per heavy atom. The van der Waals surface area contributed by atoms with E-state index in [9.17, 15) is 0 Å². The number of nitrogens with one attached hydrogen (secondary N) is 2. The van der Waals surface area contributed by atoms with E-state index in [1.807, 2.05) is 23.9 Å². The SMILES string of the molecule is CCNC(=NCCn1cccn1)NC(C)COC. The minimum absolute atomic E-state index is 0.234. The van der Waals surface area contributed by atoms with Gasteiger partial charge in [-0.05, 0) is 19.9 Å². The van der Waals surface area contributed by atoms with Crippen molar-refractivity contribution in [1.82, 2.24) is 20.4 Å². The van der Waals surface area contributed by atoms with E-state index in [0.29, 0.717) is 13.2 Å². The highest BCUT2D eigenvalue weighted by Gasteiger charge is 2.03. The van der Waals surface area contributed by atoms with E-state index in [4.69, 9.17) is 4.74 Å². The smallest absolute Gasteiger partial charge is 0.191 e. The van der Waals surface area contributed by atoms with Gasteiger partial charge in [-0.2, -0.15) is 5.10 Å². The minimum Gasteiger partial charge on any atom is -0.383 e. The molecule has 0 saturated carbocycles. The third kappa shape index (κ3) is 5.67. The van der Waals surface area contributed by atoms with Crippen LogP contribution in [0.2, 0.25) is 0 Å². The molecule has 6 nitrogen and oxygen atoms in total. The monoisotopic (exact) mass is 253 g/mol. The zero-order chi connectivity index (χ0) is 13.2. The van der Waals surface area contributed by atoms with Crippen molar-refractivity contribution in [2.75, 3.05) is 26.8 Å². The quantitative estimate of drug-likeness (QED) is 0.548.